The van der Waals surface area contributed by atoms with Crippen LogP contribution in [0.1, 0.15) is 37.8 Å². The summed E-state index contributed by atoms with van der Waals surface area (Å²) in [5.74, 6) is -0.725. The summed E-state index contributed by atoms with van der Waals surface area (Å²) >= 11 is 6.22. The lowest BCUT2D eigenvalue weighted by atomic mass is 10.1. The van der Waals surface area contributed by atoms with Crippen LogP contribution in [-0.4, -0.2) is 50.8 Å². The second-order valence-electron chi connectivity index (χ2n) is 9.34. The SMILES string of the molecule is CCCNC(=O)C(CC)N(CCc1ccccc1)C(=O)CN(c1cccc(Cl)c1)S(=O)(=O)c1ccc(C)cc1. The molecule has 3 aromatic rings. The topological polar surface area (TPSA) is 86.8 Å². The van der Waals surface area contributed by atoms with E-state index in [-0.39, 0.29) is 23.0 Å². The summed E-state index contributed by atoms with van der Waals surface area (Å²) in [6.45, 7) is 5.94. The first-order valence-corrected chi connectivity index (χ1v) is 14.9. The van der Waals surface area contributed by atoms with Crippen LogP contribution in [0.3, 0.4) is 0 Å². The Bertz CT molecular complexity index is 1350. The molecule has 9 heteroatoms. The van der Waals surface area contributed by atoms with Gasteiger partial charge < -0.3 is 10.2 Å². The summed E-state index contributed by atoms with van der Waals surface area (Å²) < 4.78 is 28.7. The quantitative estimate of drug-likeness (QED) is 0.306. The molecule has 1 N–H and O–H groups in total. The second-order valence-corrected chi connectivity index (χ2v) is 11.6. The molecule has 0 aliphatic carbocycles. The molecule has 3 rings (SSSR count). The molecular weight excluding hydrogens is 534 g/mol. The fraction of sp³-hybridized carbons (Fsp3) is 0.333. The van der Waals surface area contributed by atoms with Crippen LogP contribution >= 0.6 is 11.6 Å². The highest BCUT2D eigenvalue weighted by atomic mass is 35.5. The number of rotatable bonds is 13. The molecule has 0 saturated heterocycles. The molecule has 208 valence electrons. The largest absolute Gasteiger partial charge is 0.354 e. The van der Waals surface area contributed by atoms with E-state index in [0.29, 0.717) is 24.4 Å². The number of halogens is 1. The van der Waals surface area contributed by atoms with Crippen LogP contribution in [0.25, 0.3) is 0 Å². The van der Waals surface area contributed by atoms with E-state index in [2.05, 4.69) is 5.32 Å². The van der Waals surface area contributed by atoms with Crippen molar-refractivity contribution in [3.8, 4) is 0 Å². The van der Waals surface area contributed by atoms with Crippen molar-refractivity contribution in [3.05, 3.63) is 95.0 Å². The molecule has 39 heavy (non-hydrogen) atoms. The molecule has 0 spiro atoms. The fourth-order valence-electron chi connectivity index (χ4n) is 4.26. The van der Waals surface area contributed by atoms with Crippen molar-refractivity contribution < 1.29 is 18.0 Å². The number of carbonyl (C=O) groups excluding carboxylic acids is 2. The molecule has 0 radical (unpaired) electrons. The third-order valence-electron chi connectivity index (χ3n) is 6.40. The van der Waals surface area contributed by atoms with Gasteiger partial charge in [0.2, 0.25) is 11.8 Å². The first kappa shape index (κ1) is 30.2. The zero-order chi connectivity index (χ0) is 28.4. The zero-order valence-corrected chi connectivity index (χ0v) is 24.2. The van der Waals surface area contributed by atoms with E-state index in [1.165, 1.54) is 23.1 Å². The minimum Gasteiger partial charge on any atom is -0.354 e. The average molecular weight is 570 g/mol. The fourth-order valence-corrected chi connectivity index (χ4v) is 5.85. The predicted octanol–water partition coefficient (Wildman–Crippen LogP) is 5.22. The van der Waals surface area contributed by atoms with Gasteiger partial charge in [0.1, 0.15) is 12.6 Å². The summed E-state index contributed by atoms with van der Waals surface area (Å²) in [5, 5.41) is 3.23. The van der Waals surface area contributed by atoms with Crippen molar-refractivity contribution in [2.75, 3.05) is 23.9 Å². The van der Waals surface area contributed by atoms with Gasteiger partial charge in [-0.05, 0) is 62.1 Å². The maximum Gasteiger partial charge on any atom is 0.264 e. The first-order valence-electron chi connectivity index (χ1n) is 13.1. The number of hydrogen-bond donors (Lipinski definition) is 1. The lowest BCUT2D eigenvalue weighted by Crippen LogP contribution is -2.53. The molecule has 2 amide bonds. The van der Waals surface area contributed by atoms with Crippen molar-refractivity contribution in [1.82, 2.24) is 10.2 Å². The Balaban J connectivity index is 2.00. The number of nitrogens with one attached hydrogen (secondary N) is 1. The number of carbonyl (C=O) groups is 2. The number of sulfonamides is 1. The van der Waals surface area contributed by atoms with E-state index in [1.807, 2.05) is 51.1 Å². The van der Waals surface area contributed by atoms with Crippen LogP contribution < -0.4 is 9.62 Å². The second kappa shape index (κ2) is 14.1. The summed E-state index contributed by atoms with van der Waals surface area (Å²) in [5.41, 5.74) is 2.19. The zero-order valence-electron chi connectivity index (χ0n) is 22.6. The van der Waals surface area contributed by atoms with Gasteiger partial charge >= 0.3 is 0 Å². The Morgan fingerprint density at radius 3 is 2.26 bits per heavy atom. The van der Waals surface area contributed by atoms with Gasteiger partial charge in [-0.15, -0.1) is 0 Å². The minimum atomic E-state index is -4.12. The highest BCUT2D eigenvalue weighted by molar-refractivity contribution is 7.92. The van der Waals surface area contributed by atoms with Crippen LogP contribution in [0, 0.1) is 6.92 Å². The van der Waals surface area contributed by atoms with Crippen molar-refractivity contribution in [2.45, 2.75) is 51.0 Å². The van der Waals surface area contributed by atoms with E-state index in [4.69, 9.17) is 11.6 Å². The van der Waals surface area contributed by atoms with Gasteiger partial charge in [-0.1, -0.05) is 79.5 Å². The third kappa shape index (κ3) is 8.07. The van der Waals surface area contributed by atoms with Crippen LogP contribution in [-0.2, 0) is 26.0 Å². The highest BCUT2D eigenvalue weighted by Crippen LogP contribution is 2.27. The summed E-state index contributed by atoms with van der Waals surface area (Å²) in [7, 11) is -4.12. The van der Waals surface area contributed by atoms with E-state index in [9.17, 15) is 18.0 Å². The Morgan fingerprint density at radius 1 is 0.949 bits per heavy atom. The molecule has 1 unspecified atom stereocenters. The highest BCUT2D eigenvalue weighted by Gasteiger charge is 2.33. The number of benzene rings is 3. The van der Waals surface area contributed by atoms with Crippen LogP contribution in [0.5, 0.6) is 0 Å². The molecule has 0 fully saturated rings. The standard InChI is InChI=1S/C30H36ClN3O4S/c1-4-19-32-30(36)28(5-2)33(20-18-24-10-7-6-8-11-24)29(35)22-34(26-13-9-12-25(31)21-26)39(37,38)27-16-14-23(3)15-17-27/h6-17,21,28H,4-5,18-20,22H2,1-3H3,(H,32,36). The molecule has 1 atom stereocenters. The molecule has 0 aliphatic rings. The summed E-state index contributed by atoms with van der Waals surface area (Å²) in [4.78, 5) is 28.6. The number of aryl methyl sites for hydroxylation is 1. The molecule has 0 aromatic heterocycles. The Morgan fingerprint density at radius 2 is 1.64 bits per heavy atom. The van der Waals surface area contributed by atoms with Crippen molar-refractivity contribution in [3.63, 3.8) is 0 Å². The van der Waals surface area contributed by atoms with Gasteiger partial charge in [-0.25, -0.2) is 8.42 Å². The van der Waals surface area contributed by atoms with Crippen molar-refractivity contribution >= 4 is 39.1 Å². The molecule has 0 saturated carbocycles. The predicted molar refractivity (Wildman–Crippen MR) is 156 cm³/mol. The van der Waals surface area contributed by atoms with Crippen molar-refractivity contribution in [2.24, 2.45) is 0 Å². The minimum absolute atomic E-state index is 0.0597. The molecular formula is C30H36ClN3O4S. The number of hydrogen-bond acceptors (Lipinski definition) is 4. The van der Waals surface area contributed by atoms with Crippen LogP contribution in [0.4, 0.5) is 5.69 Å². The average Bonchev–Trinajstić information content (AvgIpc) is 2.93. The van der Waals surface area contributed by atoms with Gasteiger partial charge in [0.15, 0.2) is 0 Å². The Kier molecular flexibility index (Phi) is 10.9. The van der Waals surface area contributed by atoms with Gasteiger partial charge in [0, 0.05) is 18.1 Å². The maximum absolute atomic E-state index is 14.0. The summed E-state index contributed by atoms with van der Waals surface area (Å²) in [6.07, 6.45) is 1.67. The monoisotopic (exact) mass is 569 g/mol. The Labute approximate surface area is 236 Å². The summed E-state index contributed by atoms with van der Waals surface area (Å²) in [6, 6.07) is 21.8. The Hall–Kier alpha value is -3.36. The van der Waals surface area contributed by atoms with E-state index >= 15 is 0 Å². The molecule has 3 aromatic carbocycles. The van der Waals surface area contributed by atoms with Gasteiger partial charge in [0.25, 0.3) is 10.0 Å². The smallest absolute Gasteiger partial charge is 0.264 e. The number of anilines is 1. The lowest BCUT2D eigenvalue weighted by Gasteiger charge is -2.33. The van der Waals surface area contributed by atoms with Crippen LogP contribution in [0.15, 0.2) is 83.8 Å². The number of nitrogens with zero attached hydrogens (tertiary/aromatic N) is 2. The molecule has 0 bridgehead atoms. The van der Waals surface area contributed by atoms with Gasteiger partial charge in [0.05, 0.1) is 10.6 Å². The lowest BCUT2D eigenvalue weighted by molar-refractivity contribution is -0.139. The molecule has 0 aliphatic heterocycles. The van der Waals surface area contributed by atoms with Crippen LogP contribution in [0.2, 0.25) is 5.02 Å². The number of amides is 2. The maximum atomic E-state index is 14.0. The van der Waals surface area contributed by atoms with Gasteiger partial charge in [-0.2, -0.15) is 0 Å². The third-order valence-corrected chi connectivity index (χ3v) is 8.43. The van der Waals surface area contributed by atoms with E-state index in [0.717, 1.165) is 21.9 Å². The van der Waals surface area contributed by atoms with Crippen molar-refractivity contribution in [1.29, 1.82) is 0 Å². The normalized spacial score (nSPS) is 12.0. The van der Waals surface area contributed by atoms with E-state index < -0.39 is 28.5 Å². The first-order chi connectivity index (χ1) is 18.7. The van der Waals surface area contributed by atoms with Gasteiger partial charge in [-0.3, -0.25) is 13.9 Å². The molecule has 7 nitrogen and oxygen atoms in total. The van der Waals surface area contributed by atoms with E-state index in [1.54, 1.807) is 30.3 Å². The molecule has 0 heterocycles.